The maximum absolute atomic E-state index is 5.31. The molecule has 0 spiro atoms. The van der Waals surface area contributed by atoms with E-state index in [0.717, 1.165) is 37.8 Å². The molecule has 4 nitrogen and oxygen atoms in total. The van der Waals surface area contributed by atoms with E-state index < -0.39 is 0 Å². The van der Waals surface area contributed by atoms with Crippen LogP contribution in [0.25, 0.3) is 0 Å². The molecular formula is C16H32N2O2. The highest BCUT2D eigenvalue weighted by Gasteiger charge is 2.33. The van der Waals surface area contributed by atoms with Crippen LogP contribution in [0, 0.1) is 5.92 Å². The largest absolute Gasteiger partial charge is 0.383 e. The van der Waals surface area contributed by atoms with Gasteiger partial charge in [-0.1, -0.05) is 0 Å². The van der Waals surface area contributed by atoms with Crippen molar-refractivity contribution in [2.75, 3.05) is 40.5 Å². The van der Waals surface area contributed by atoms with E-state index in [2.05, 4.69) is 17.1 Å². The van der Waals surface area contributed by atoms with Crippen molar-refractivity contribution in [1.29, 1.82) is 0 Å². The first kappa shape index (κ1) is 16.2. The minimum absolute atomic E-state index is 0.480. The Bertz CT molecular complexity index is 263. The molecule has 2 aliphatic heterocycles. The zero-order valence-electron chi connectivity index (χ0n) is 13.4. The minimum atomic E-state index is 0.480. The van der Waals surface area contributed by atoms with Gasteiger partial charge in [0.25, 0.3) is 0 Å². The molecule has 3 atom stereocenters. The molecule has 0 aromatic rings. The zero-order valence-corrected chi connectivity index (χ0v) is 13.4. The molecule has 2 saturated heterocycles. The van der Waals surface area contributed by atoms with Gasteiger partial charge in [-0.25, -0.2) is 0 Å². The van der Waals surface area contributed by atoms with Crippen LogP contribution in [-0.2, 0) is 9.47 Å². The van der Waals surface area contributed by atoms with Gasteiger partial charge in [-0.2, -0.15) is 0 Å². The van der Waals surface area contributed by atoms with Gasteiger partial charge in [0.1, 0.15) is 0 Å². The van der Waals surface area contributed by atoms with E-state index >= 15 is 0 Å². The first-order chi connectivity index (χ1) is 9.72. The van der Waals surface area contributed by atoms with Gasteiger partial charge in [-0.3, -0.25) is 4.90 Å². The number of piperidine rings is 1. The topological polar surface area (TPSA) is 33.7 Å². The van der Waals surface area contributed by atoms with Crippen LogP contribution in [0.3, 0.4) is 0 Å². The monoisotopic (exact) mass is 284 g/mol. The van der Waals surface area contributed by atoms with E-state index in [0.29, 0.717) is 6.04 Å². The minimum Gasteiger partial charge on any atom is -0.383 e. The predicted molar refractivity (Wildman–Crippen MR) is 82.1 cm³/mol. The third-order valence-electron chi connectivity index (χ3n) is 5.01. The average Bonchev–Trinajstić information content (AvgIpc) is 2.78. The Morgan fingerprint density at radius 2 is 1.80 bits per heavy atom. The molecular weight excluding hydrogens is 252 g/mol. The summed E-state index contributed by atoms with van der Waals surface area (Å²) in [5.74, 6) is 0.911. The molecule has 2 heterocycles. The maximum Gasteiger partial charge on any atom is 0.0615 e. The highest BCUT2D eigenvalue weighted by molar-refractivity contribution is 4.92. The Kier molecular flexibility index (Phi) is 6.75. The smallest absolute Gasteiger partial charge is 0.0615 e. The number of nitrogens with zero attached hydrogens (tertiary/aromatic N) is 1. The molecule has 0 aromatic carbocycles. The van der Waals surface area contributed by atoms with Gasteiger partial charge in [0.15, 0.2) is 0 Å². The standard InChI is InChI=1S/C16H32N2O2/c1-13(12-20-3)18(8-9-19-2)7-6-14-10-15-4-5-16(11-14)17-15/h13-17H,4-12H2,1-3H3. The second kappa shape index (κ2) is 8.32. The second-order valence-corrected chi connectivity index (χ2v) is 6.60. The molecule has 1 N–H and O–H groups in total. The van der Waals surface area contributed by atoms with Gasteiger partial charge in [0.05, 0.1) is 13.2 Å². The molecule has 20 heavy (non-hydrogen) atoms. The first-order valence-electron chi connectivity index (χ1n) is 8.21. The molecule has 2 rings (SSSR count). The fourth-order valence-corrected chi connectivity index (χ4v) is 3.87. The van der Waals surface area contributed by atoms with E-state index in [4.69, 9.17) is 9.47 Å². The molecule has 0 saturated carbocycles. The first-order valence-corrected chi connectivity index (χ1v) is 8.21. The third-order valence-corrected chi connectivity index (χ3v) is 5.01. The summed E-state index contributed by atoms with van der Waals surface area (Å²) in [6.45, 7) is 6.06. The van der Waals surface area contributed by atoms with Crippen molar-refractivity contribution in [3.05, 3.63) is 0 Å². The zero-order chi connectivity index (χ0) is 14.4. The summed E-state index contributed by atoms with van der Waals surface area (Å²) in [6, 6.07) is 2.10. The molecule has 0 radical (unpaired) electrons. The molecule has 2 aliphatic rings. The van der Waals surface area contributed by atoms with Crippen LogP contribution in [0.1, 0.15) is 39.0 Å². The Labute approximate surface area is 124 Å². The molecule has 0 amide bonds. The summed E-state index contributed by atoms with van der Waals surface area (Å²) < 4.78 is 10.6. The van der Waals surface area contributed by atoms with Gasteiger partial charge in [0.2, 0.25) is 0 Å². The lowest BCUT2D eigenvalue weighted by molar-refractivity contribution is 0.0693. The normalized spacial score (nSPS) is 30.9. The van der Waals surface area contributed by atoms with Crippen molar-refractivity contribution >= 4 is 0 Å². The molecule has 3 unspecified atom stereocenters. The van der Waals surface area contributed by atoms with Crippen LogP contribution in [-0.4, -0.2) is 63.5 Å². The van der Waals surface area contributed by atoms with Crippen LogP contribution in [0.5, 0.6) is 0 Å². The number of nitrogens with one attached hydrogen (secondary N) is 1. The van der Waals surface area contributed by atoms with Crippen molar-refractivity contribution in [1.82, 2.24) is 10.2 Å². The van der Waals surface area contributed by atoms with Gasteiger partial charge in [0, 0.05) is 38.9 Å². The average molecular weight is 284 g/mol. The molecule has 118 valence electrons. The molecule has 0 aliphatic carbocycles. The van der Waals surface area contributed by atoms with Gasteiger partial charge < -0.3 is 14.8 Å². The summed E-state index contributed by atoms with van der Waals surface area (Å²) in [5, 5.41) is 3.73. The summed E-state index contributed by atoms with van der Waals surface area (Å²) >= 11 is 0. The molecule has 0 aromatic heterocycles. The van der Waals surface area contributed by atoms with Crippen LogP contribution < -0.4 is 5.32 Å². The van der Waals surface area contributed by atoms with Crippen molar-refractivity contribution in [3.8, 4) is 0 Å². The number of rotatable bonds is 9. The predicted octanol–water partition coefficient (Wildman–Crippen LogP) is 1.89. The summed E-state index contributed by atoms with van der Waals surface area (Å²) in [5.41, 5.74) is 0. The summed E-state index contributed by atoms with van der Waals surface area (Å²) in [6.07, 6.45) is 6.89. The SMILES string of the molecule is COCCN(CCC1CC2CCC(C1)N2)C(C)COC. The fourth-order valence-electron chi connectivity index (χ4n) is 3.87. The van der Waals surface area contributed by atoms with E-state index in [1.54, 1.807) is 14.2 Å². The number of hydrogen-bond donors (Lipinski definition) is 1. The Morgan fingerprint density at radius 3 is 2.40 bits per heavy atom. The van der Waals surface area contributed by atoms with Crippen LogP contribution in [0.4, 0.5) is 0 Å². The van der Waals surface area contributed by atoms with Gasteiger partial charge in [-0.15, -0.1) is 0 Å². The summed E-state index contributed by atoms with van der Waals surface area (Å²) in [7, 11) is 3.57. The number of ether oxygens (including phenoxy) is 2. The van der Waals surface area contributed by atoms with Crippen LogP contribution in [0.15, 0.2) is 0 Å². The number of fused-ring (bicyclic) bond motifs is 2. The van der Waals surface area contributed by atoms with E-state index in [9.17, 15) is 0 Å². The van der Waals surface area contributed by atoms with Crippen LogP contribution in [0.2, 0.25) is 0 Å². The van der Waals surface area contributed by atoms with E-state index in [1.165, 1.54) is 38.6 Å². The summed E-state index contributed by atoms with van der Waals surface area (Å²) in [4.78, 5) is 2.52. The highest BCUT2D eigenvalue weighted by atomic mass is 16.5. The van der Waals surface area contributed by atoms with Crippen molar-refractivity contribution in [2.24, 2.45) is 5.92 Å². The molecule has 2 bridgehead atoms. The molecule has 2 fully saturated rings. The quantitative estimate of drug-likeness (QED) is 0.701. The van der Waals surface area contributed by atoms with Crippen molar-refractivity contribution in [3.63, 3.8) is 0 Å². The Morgan fingerprint density at radius 1 is 1.10 bits per heavy atom. The van der Waals surface area contributed by atoms with Gasteiger partial charge >= 0.3 is 0 Å². The second-order valence-electron chi connectivity index (χ2n) is 6.60. The van der Waals surface area contributed by atoms with Crippen molar-refractivity contribution in [2.45, 2.75) is 57.2 Å². The maximum atomic E-state index is 5.31. The van der Waals surface area contributed by atoms with Crippen LogP contribution >= 0.6 is 0 Å². The number of hydrogen-bond acceptors (Lipinski definition) is 4. The van der Waals surface area contributed by atoms with Crippen molar-refractivity contribution < 1.29 is 9.47 Å². The lowest BCUT2D eigenvalue weighted by Gasteiger charge is -2.33. The third kappa shape index (κ3) is 4.69. The fraction of sp³-hybridized carbons (Fsp3) is 1.00. The Balaban J connectivity index is 1.75. The van der Waals surface area contributed by atoms with E-state index in [-0.39, 0.29) is 0 Å². The molecule has 4 heteroatoms. The van der Waals surface area contributed by atoms with Gasteiger partial charge in [-0.05, 0) is 51.5 Å². The highest BCUT2D eigenvalue weighted by Crippen LogP contribution is 2.32. The number of methoxy groups -OCH3 is 2. The lowest BCUT2D eigenvalue weighted by Crippen LogP contribution is -2.42. The Hall–Kier alpha value is -0.160. The lowest BCUT2D eigenvalue weighted by atomic mass is 9.89. The van der Waals surface area contributed by atoms with E-state index in [1.807, 2.05) is 0 Å².